The Bertz CT molecular complexity index is 538. The molecule has 0 aliphatic carbocycles. The molecule has 2 rings (SSSR count). The van der Waals surface area contributed by atoms with Crippen molar-refractivity contribution in [1.29, 1.82) is 0 Å². The van der Waals surface area contributed by atoms with Crippen molar-refractivity contribution in [2.45, 2.75) is 12.2 Å². The number of anilines is 1. The summed E-state index contributed by atoms with van der Waals surface area (Å²) in [7, 11) is 1.53. The number of benzene rings is 1. The summed E-state index contributed by atoms with van der Waals surface area (Å²) in [5, 5.41) is 3.43. The molecule has 1 unspecified atom stereocenters. The highest BCUT2D eigenvalue weighted by atomic mass is 35.5. The highest BCUT2D eigenvalue weighted by molar-refractivity contribution is 8.15. The zero-order chi connectivity index (χ0) is 14.0. The van der Waals surface area contributed by atoms with Crippen molar-refractivity contribution in [3.8, 4) is 0 Å². The molecule has 1 aromatic carbocycles. The molecule has 1 heterocycles. The van der Waals surface area contributed by atoms with Crippen molar-refractivity contribution in [2.24, 2.45) is 4.99 Å². The number of amides is 2. The van der Waals surface area contributed by atoms with Gasteiger partial charge in [-0.2, -0.15) is 0 Å². The number of nitrogens with zero attached hydrogens (tertiary/aromatic N) is 2. The lowest BCUT2D eigenvalue weighted by atomic mass is 10.3. The first-order valence-electron chi connectivity index (χ1n) is 5.71. The first kappa shape index (κ1) is 14.1. The normalized spacial score (nSPS) is 18.1. The van der Waals surface area contributed by atoms with Gasteiger partial charge in [0.1, 0.15) is 5.82 Å². The second-order valence-corrected chi connectivity index (χ2v) is 5.85. The number of rotatable bonds is 1. The number of carbonyl (C=O) groups is 1. The Morgan fingerprint density at radius 3 is 2.89 bits per heavy atom. The topological polar surface area (TPSA) is 44.7 Å². The first-order chi connectivity index (χ1) is 9.02. The smallest absolute Gasteiger partial charge is 0.327 e. The number of carbonyl (C=O) groups excluding carboxylic acids is 1. The van der Waals surface area contributed by atoms with E-state index in [1.165, 1.54) is 41.9 Å². The van der Waals surface area contributed by atoms with Crippen LogP contribution < -0.4 is 10.2 Å². The standard InChI is InChI=1S/C12H13ClFN3OS/c1-7-6-16-12(19-7)17(11(18)15-2)8-3-4-10(14)9(13)5-8/h3-5,7H,6H2,1-2H3,(H,15,18). The van der Waals surface area contributed by atoms with Gasteiger partial charge in [-0.25, -0.2) is 14.1 Å². The minimum Gasteiger partial charge on any atom is -0.340 e. The van der Waals surface area contributed by atoms with Gasteiger partial charge < -0.3 is 5.32 Å². The van der Waals surface area contributed by atoms with Gasteiger partial charge in [0.2, 0.25) is 0 Å². The zero-order valence-corrected chi connectivity index (χ0v) is 12.1. The van der Waals surface area contributed by atoms with Gasteiger partial charge >= 0.3 is 6.03 Å². The average molecular weight is 302 g/mol. The van der Waals surface area contributed by atoms with Crippen LogP contribution in [0.5, 0.6) is 0 Å². The van der Waals surface area contributed by atoms with Gasteiger partial charge in [-0.15, -0.1) is 0 Å². The number of hydrogen-bond acceptors (Lipinski definition) is 3. The third-order valence-corrected chi connectivity index (χ3v) is 3.92. The maximum atomic E-state index is 13.2. The van der Waals surface area contributed by atoms with Crippen LogP contribution in [0.25, 0.3) is 0 Å². The molecule has 4 nitrogen and oxygen atoms in total. The van der Waals surface area contributed by atoms with E-state index in [1.54, 1.807) is 0 Å². The summed E-state index contributed by atoms with van der Waals surface area (Å²) >= 11 is 7.26. The predicted octanol–water partition coefficient (Wildman–Crippen LogP) is 3.12. The highest BCUT2D eigenvalue weighted by Crippen LogP contribution is 2.29. The minimum atomic E-state index is -0.517. The summed E-state index contributed by atoms with van der Waals surface area (Å²) in [6, 6.07) is 3.82. The van der Waals surface area contributed by atoms with Crippen molar-refractivity contribution in [3.05, 3.63) is 29.0 Å². The summed E-state index contributed by atoms with van der Waals surface area (Å²) in [4.78, 5) is 17.7. The Hall–Kier alpha value is -1.27. The third-order valence-electron chi connectivity index (χ3n) is 2.56. The third kappa shape index (κ3) is 3.01. The van der Waals surface area contributed by atoms with Crippen molar-refractivity contribution >= 4 is 40.2 Å². The predicted molar refractivity (Wildman–Crippen MR) is 77.7 cm³/mol. The number of hydrogen-bond donors (Lipinski definition) is 1. The van der Waals surface area contributed by atoms with Crippen molar-refractivity contribution in [2.75, 3.05) is 18.5 Å². The average Bonchev–Trinajstić information content (AvgIpc) is 2.80. The van der Waals surface area contributed by atoms with Gasteiger partial charge in [-0.1, -0.05) is 30.3 Å². The van der Waals surface area contributed by atoms with E-state index in [0.717, 1.165) is 0 Å². The number of halogens is 2. The molecule has 0 bridgehead atoms. The van der Waals surface area contributed by atoms with Crippen LogP contribution in [-0.4, -0.2) is 30.0 Å². The fraction of sp³-hybridized carbons (Fsp3) is 0.333. The molecule has 0 aromatic heterocycles. The van der Waals surface area contributed by atoms with E-state index in [-0.39, 0.29) is 11.1 Å². The van der Waals surface area contributed by atoms with Gasteiger partial charge in [0.15, 0.2) is 5.17 Å². The molecule has 0 saturated carbocycles. The molecule has 19 heavy (non-hydrogen) atoms. The lowest BCUT2D eigenvalue weighted by molar-refractivity contribution is 0.251. The maximum Gasteiger partial charge on any atom is 0.327 e. The van der Waals surface area contributed by atoms with Crippen LogP contribution in [0.4, 0.5) is 14.9 Å². The molecule has 1 aliphatic rings. The van der Waals surface area contributed by atoms with Crippen LogP contribution in [-0.2, 0) is 0 Å². The summed E-state index contributed by atoms with van der Waals surface area (Å²) in [6.45, 7) is 2.68. The Labute approximate surface area is 120 Å². The van der Waals surface area contributed by atoms with Gasteiger partial charge in [0.05, 0.1) is 17.3 Å². The second kappa shape index (κ2) is 5.79. The zero-order valence-electron chi connectivity index (χ0n) is 10.5. The van der Waals surface area contributed by atoms with Crippen LogP contribution in [0.15, 0.2) is 23.2 Å². The Balaban J connectivity index is 2.37. The largest absolute Gasteiger partial charge is 0.340 e. The fourth-order valence-electron chi connectivity index (χ4n) is 1.64. The van der Waals surface area contributed by atoms with Crippen LogP contribution in [0.3, 0.4) is 0 Å². The maximum absolute atomic E-state index is 13.2. The van der Waals surface area contributed by atoms with E-state index in [4.69, 9.17) is 11.6 Å². The SMILES string of the molecule is CNC(=O)N(C1=NCC(C)S1)c1ccc(F)c(Cl)c1. The minimum absolute atomic E-state index is 0.0250. The molecular formula is C12H13ClFN3OS. The second-order valence-electron chi connectivity index (χ2n) is 4.04. The first-order valence-corrected chi connectivity index (χ1v) is 6.96. The van der Waals surface area contributed by atoms with E-state index in [2.05, 4.69) is 10.3 Å². The van der Waals surface area contributed by atoms with E-state index < -0.39 is 5.82 Å². The van der Waals surface area contributed by atoms with E-state index in [1.807, 2.05) is 6.92 Å². The highest BCUT2D eigenvalue weighted by Gasteiger charge is 2.27. The number of amidine groups is 1. The van der Waals surface area contributed by atoms with Gasteiger partial charge in [-0.05, 0) is 18.2 Å². The Kier molecular flexibility index (Phi) is 4.31. The molecule has 1 N–H and O–H groups in total. The summed E-state index contributed by atoms with van der Waals surface area (Å²) in [5.74, 6) is -0.517. The fourth-order valence-corrected chi connectivity index (χ4v) is 2.76. The van der Waals surface area contributed by atoms with E-state index in [9.17, 15) is 9.18 Å². The molecule has 102 valence electrons. The molecule has 1 aliphatic heterocycles. The lowest BCUT2D eigenvalue weighted by Crippen LogP contribution is -2.41. The monoisotopic (exact) mass is 301 g/mol. The van der Waals surface area contributed by atoms with Crippen LogP contribution in [0.2, 0.25) is 5.02 Å². The van der Waals surface area contributed by atoms with Crippen molar-refractivity contribution < 1.29 is 9.18 Å². The molecule has 2 amide bonds. The quantitative estimate of drug-likeness (QED) is 0.866. The number of nitrogens with one attached hydrogen (secondary N) is 1. The molecule has 1 aromatic rings. The van der Waals surface area contributed by atoms with Crippen LogP contribution in [0.1, 0.15) is 6.92 Å². The van der Waals surface area contributed by atoms with Gasteiger partial charge in [0.25, 0.3) is 0 Å². The summed E-state index contributed by atoms with van der Waals surface area (Å²) in [5.41, 5.74) is 0.492. The van der Waals surface area contributed by atoms with Gasteiger partial charge in [0, 0.05) is 12.3 Å². The summed E-state index contributed by atoms with van der Waals surface area (Å²) in [6.07, 6.45) is 0. The summed E-state index contributed by atoms with van der Waals surface area (Å²) < 4.78 is 13.2. The number of thioether (sulfide) groups is 1. The molecule has 7 heteroatoms. The van der Waals surface area contributed by atoms with Crippen LogP contribution in [0, 0.1) is 5.82 Å². The van der Waals surface area contributed by atoms with Crippen molar-refractivity contribution in [3.63, 3.8) is 0 Å². The Morgan fingerprint density at radius 2 is 2.37 bits per heavy atom. The Morgan fingerprint density at radius 1 is 1.63 bits per heavy atom. The molecule has 0 saturated heterocycles. The van der Waals surface area contributed by atoms with E-state index >= 15 is 0 Å². The molecular weight excluding hydrogens is 289 g/mol. The number of aliphatic imine (C=N–C) groups is 1. The van der Waals surface area contributed by atoms with Gasteiger partial charge in [-0.3, -0.25) is 4.99 Å². The van der Waals surface area contributed by atoms with E-state index in [0.29, 0.717) is 22.6 Å². The molecule has 1 atom stereocenters. The molecule has 0 spiro atoms. The van der Waals surface area contributed by atoms with Crippen molar-refractivity contribution in [1.82, 2.24) is 5.32 Å². The molecule has 0 radical (unpaired) electrons. The number of urea groups is 1. The molecule has 0 fully saturated rings. The van der Waals surface area contributed by atoms with Crippen LogP contribution >= 0.6 is 23.4 Å². The lowest BCUT2D eigenvalue weighted by Gasteiger charge is -2.22.